The monoisotopic (exact) mass is 886 g/mol. The zero-order valence-electron chi connectivity index (χ0n) is 41.2. The van der Waals surface area contributed by atoms with E-state index in [2.05, 4.69) is 83.3 Å². The maximum atomic E-state index is 13.1. The minimum absolute atomic E-state index is 0.0892. The van der Waals surface area contributed by atoms with Gasteiger partial charge in [-0.05, 0) is 107 Å². The molecular formula is C56H87NO7. The Morgan fingerprint density at radius 2 is 0.562 bits per heavy atom. The van der Waals surface area contributed by atoms with Crippen LogP contribution in [0.2, 0.25) is 0 Å². The van der Waals surface area contributed by atoms with Crippen LogP contribution in [0, 0.1) is 0 Å². The highest BCUT2D eigenvalue weighted by molar-refractivity contribution is 6.26. The van der Waals surface area contributed by atoms with Crippen molar-refractivity contribution in [3.63, 3.8) is 0 Å². The number of fused-ring (bicyclic) bond motifs is 6. The fourth-order valence-electron chi connectivity index (χ4n) is 8.22. The smallest absolute Gasteiger partial charge is 0.257 e. The maximum Gasteiger partial charge on any atom is 0.257 e. The summed E-state index contributed by atoms with van der Waals surface area (Å²) in [5.41, 5.74) is 0. The molecule has 8 heteroatoms. The number of hydrogen-bond acceptors (Lipinski definition) is 7. The second kappa shape index (κ2) is 31.7. The quantitative estimate of drug-likeness (QED) is 0.0354. The molecule has 4 rings (SSSR count). The van der Waals surface area contributed by atoms with Gasteiger partial charge >= 0.3 is 0 Å². The van der Waals surface area contributed by atoms with E-state index in [1.165, 1.54) is 57.8 Å². The Bertz CT molecular complexity index is 1860. The SMILES string of the molecule is CCCCCCNC(=O)COc1cc2c3cc(OCCCCCC)c(OCCCCCC)cc3c3cc(OCCCCCC)c(OCCCCCC)cc3c2cc1OCCCCCC. The second-order valence-electron chi connectivity index (χ2n) is 17.8. The van der Waals surface area contributed by atoms with Crippen molar-refractivity contribution in [2.45, 2.75) is 196 Å². The normalized spacial score (nSPS) is 11.4. The van der Waals surface area contributed by atoms with Gasteiger partial charge in [0.1, 0.15) is 0 Å². The molecule has 4 aromatic carbocycles. The van der Waals surface area contributed by atoms with Crippen LogP contribution in [-0.4, -0.2) is 52.1 Å². The molecule has 0 aliphatic carbocycles. The Balaban J connectivity index is 1.94. The Morgan fingerprint density at radius 1 is 0.328 bits per heavy atom. The summed E-state index contributed by atoms with van der Waals surface area (Å²) in [6.45, 7) is 17.0. The van der Waals surface area contributed by atoms with Crippen molar-refractivity contribution in [3.8, 4) is 34.5 Å². The molecule has 0 spiro atoms. The van der Waals surface area contributed by atoms with Crippen LogP contribution in [0.5, 0.6) is 34.5 Å². The summed E-state index contributed by atoms with van der Waals surface area (Å²) in [5, 5.41) is 9.23. The zero-order chi connectivity index (χ0) is 45.6. The van der Waals surface area contributed by atoms with Crippen molar-refractivity contribution in [2.75, 3.05) is 46.2 Å². The summed E-state index contributed by atoms with van der Waals surface area (Å²) in [6, 6.07) is 12.9. The van der Waals surface area contributed by atoms with E-state index in [0.29, 0.717) is 51.1 Å². The first-order chi connectivity index (χ1) is 31.5. The number of unbranched alkanes of at least 4 members (excludes halogenated alkanes) is 18. The van der Waals surface area contributed by atoms with E-state index in [4.69, 9.17) is 28.4 Å². The minimum Gasteiger partial charge on any atom is -0.490 e. The van der Waals surface area contributed by atoms with Crippen LogP contribution in [0.1, 0.15) is 196 Å². The van der Waals surface area contributed by atoms with Crippen LogP contribution in [-0.2, 0) is 4.79 Å². The summed E-state index contributed by atoms with van der Waals surface area (Å²) in [4.78, 5) is 13.1. The molecule has 4 aromatic rings. The van der Waals surface area contributed by atoms with Crippen LogP contribution in [0.4, 0.5) is 0 Å². The number of carbonyl (C=O) groups is 1. The Hall–Kier alpha value is -4.07. The summed E-state index contributed by atoms with van der Waals surface area (Å²) < 4.78 is 39.6. The molecule has 0 aliphatic rings. The van der Waals surface area contributed by atoms with Crippen LogP contribution in [0.3, 0.4) is 0 Å². The third-order valence-corrected chi connectivity index (χ3v) is 12.1. The first-order valence-corrected chi connectivity index (χ1v) is 26.1. The minimum atomic E-state index is -0.128. The van der Waals surface area contributed by atoms with E-state index in [1.54, 1.807) is 0 Å². The molecule has 8 nitrogen and oxygen atoms in total. The predicted molar refractivity (Wildman–Crippen MR) is 270 cm³/mol. The zero-order valence-corrected chi connectivity index (χ0v) is 41.2. The molecule has 0 unspecified atom stereocenters. The largest absolute Gasteiger partial charge is 0.490 e. The van der Waals surface area contributed by atoms with E-state index in [0.717, 1.165) is 152 Å². The van der Waals surface area contributed by atoms with Crippen LogP contribution >= 0.6 is 0 Å². The fourth-order valence-corrected chi connectivity index (χ4v) is 8.22. The fraction of sp³-hybridized carbons (Fsp3) is 0.661. The number of nitrogens with one attached hydrogen (secondary N) is 1. The standard InChI is InChI=1S/C56H87NO7/c1-7-13-19-25-31-57-56(58)43-64-55-42-49-47-40-53(62-35-29-23-17-11-5)51(60-33-27-21-15-9-3)38-45(47)44-37-50(59-32-26-20-14-8-2)52(61-34-28-22-16-10-4)39-46(44)48(49)41-54(55)63-36-30-24-18-12-6/h37-42H,7-36,43H2,1-6H3,(H,57,58). The van der Waals surface area contributed by atoms with Gasteiger partial charge in [-0.1, -0.05) is 157 Å². The third kappa shape index (κ3) is 17.7. The molecule has 0 saturated heterocycles. The molecule has 64 heavy (non-hydrogen) atoms. The maximum absolute atomic E-state index is 13.1. The molecule has 1 N–H and O–H groups in total. The number of amides is 1. The molecule has 0 bridgehead atoms. The number of hydrogen-bond donors (Lipinski definition) is 1. The van der Waals surface area contributed by atoms with E-state index >= 15 is 0 Å². The first-order valence-electron chi connectivity index (χ1n) is 26.1. The lowest BCUT2D eigenvalue weighted by Gasteiger charge is -2.21. The molecule has 0 fully saturated rings. The van der Waals surface area contributed by atoms with Crippen molar-refractivity contribution in [1.82, 2.24) is 5.32 Å². The van der Waals surface area contributed by atoms with E-state index < -0.39 is 0 Å². The van der Waals surface area contributed by atoms with Gasteiger partial charge in [0.05, 0.1) is 33.0 Å². The molecule has 0 saturated carbocycles. The van der Waals surface area contributed by atoms with Gasteiger partial charge in [-0.2, -0.15) is 0 Å². The highest BCUT2D eigenvalue weighted by atomic mass is 16.5. The van der Waals surface area contributed by atoms with Crippen molar-refractivity contribution in [1.29, 1.82) is 0 Å². The lowest BCUT2D eigenvalue weighted by atomic mass is 9.93. The summed E-state index contributed by atoms with van der Waals surface area (Å²) in [7, 11) is 0. The lowest BCUT2D eigenvalue weighted by molar-refractivity contribution is -0.123. The van der Waals surface area contributed by atoms with Gasteiger partial charge in [0.25, 0.3) is 5.91 Å². The first kappa shape index (κ1) is 52.6. The average molecular weight is 886 g/mol. The second-order valence-corrected chi connectivity index (χ2v) is 17.8. The molecule has 0 aromatic heterocycles. The molecule has 0 radical (unpaired) electrons. The number of rotatable bonds is 38. The summed E-state index contributed by atoms with van der Waals surface area (Å²) >= 11 is 0. The van der Waals surface area contributed by atoms with Crippen molar-refractivity contribution >= 4 is 38.2 Å². The average Bonchev–Trinajstić information content (AvgIpc) is 3.30. The third-order valence-electron chi connectivity index (χ3n) is 12.1. The molecular weight excluding hydrogens is 799 g/mol. The lowest BCUT2D eigenvalue weighted by Crippen LogP contribution is -2.29. The van der Waals surface area contributed by atoms with Crippen LogP contribution < -0.4 is 33.7 Å². The predicted octanol–water partition coefficient (Wildman–Crippen LogP) is 16.0. The Labute approximate surface area is 388 Å². The van der Waals surface area contributed by atoms with Crippen LogP contribution in [0.15, 0.2) is 36.4 Å². The van der Waals surface area contributed by atoms with Gasteiger partial charge < -0.3 is 33.7 Å². The molecule has 1 amide bonds. The summed E-state index contributed by atoms with van der Waals surface area (Å²) in [5.74, 6) is 4.11. The number of ether oxygens (including phenoxy) is 6. The topological polar surface area (TPSA) is 84.5 Å². The van der Waals surface area contributed by atoms with Gasteiger partial charge in [0, 0.05) is 6.54 Å². The molecule has 0 aliphatic heterocycles. The van der Waals surface area contributed by atoms with Gasteiger partial charge in [-0.3, -0.25) is 4.79 Å². The van der Waals surface area contributed by atoms with Gasteiger partial charge in [-0.25, -0.2) is 0 Å². The Morgan fingerprint density at radius 3 is 0.812 bits per heavy atom. The Kier molecular flexibility index (Phi) is 26.1. The molecule has 358 valence electrons. The highest BCUT2D eigenvalue weighted by Gasteiger charge is 2.21. The highest BCUT2D eigenvalue weighted by Crippen LogP contribution is 2.47. The number of benzene rings is 4. The van der Waals surface area contributed by atoms with Gasteiger partial charge in [0.2, 0.25) is 0 Å². The van der Waals surface area contributed by atoms with E-state index in [9.17, 15) is 4.79 Å². The van der Waals surface area contributed by atoms with Crippen LogP contribution in [0.25, 0.3) is 32.3 Å². The number of carbonyl (C=O) groups excluding carboxylic acids is 1. The van der Waals surface area contributed by atoms with Gasteiger partial charge in [-0.15, -0.1) is 0 Å². The van der Waals surface area contributed by atoms with Crippen molar-refractivity contribution in [3.05, 3.63) is 36.4 Å². The summed E-state index contributed by atoms with van der Waals surface area (Å²) in [6.07, 6.45) is 26.7. The van der Waals surface area contributed by atoms with E-state index in [-0.39, 0.29) is 12.5 Å². The van der Waals surface area contributed by atoms with Crippen molar-refractivity contribution in [2.24, 2.45) is 0 Å². The van der Waals surface area contributed by atoms with Gasteiger partial charge in [0.15, 0.2) is 41.1 Å². The van der Waals surface area contributed by atoms with E-state index in [1.807, 2.05) is 0 Å². The molecule has 0 heterocycles. The van der Waals surface area contributed by atoms with Crippen molar-refractivity contribution < 1.29 is 33.2 Å². The molecule has 0 atom stereocenters.